The third-order valence-electron chi connectivity index (χ3n) is 3.00. The molecule has 2 aromatic carbocycles. The van der Waals surface area contributed by atoms with Crippen LogP contribution >= 0.6 is 0 Å². The summed E-state index contributed by atoms with van der Waals surface area (Å²) in [5.74, 6) is 0. The van der Waals surface area contributed by atoms with Crippen molar-refractivity contribution in [2.24, 2.45) is 0 Å². The van der Waals surface area contributed by atoms with Crippen molar-refractivity contribution in [3.05, 3.63) is 59.7 Å². The predicted octanol–water partition coefficient (Wildman–Crippen LogP) is 2.79. The van der Waals surface area contributed by atoms with Gasteiger partial charge in [-0.2, -0.15) is 0 Å². The predicted molar refractivity (Wildman–Crippen MR) is 77.4 cm³/mol. The zero-order valence-electron chi connectivity index (χ0n) is 11.0. The normalized spacial score (nSPS) is 10.6. The Balaban J connectivity index is 2.38. The van der Waals surface area contributed by atoms with Gasteiger partial charge < -0.3 is 10.6 Å². The molecule has 0 aliphatic rings. The van der Waals surface area contributed by atoms with Crippen LogP contribution in [0.5, 0.6) is 0 Å². The van der Waals surface area contributed by atoms with Crippen molar-refractivity contribution in [2.75, 3.05) is 14.1 Å². The highest BCUT2D eigenvalue weighted by atomic mass is 14.8. The minimum Gasteiger partial charge on any atom is -0.316 e. The largest absolute Gasteiger partial charge is 0.316 e. The van der Waals surface area contributed by atoms with Gasteiger partial charge in [-0.25, -0.2) is 0 Å². The first kappa shape index (κ1) is 12.8. The first-order chi connectivity index (χ1) is 8.85. The highest BCUT2D eigenvalue weighted by Gasteiger charge is 2.04. The van der Waals surface area contributed by atoms with Crippen LogP contribution in [0.2, 0.25) is 0 Å². The van der Waals surface area contributed by atoms with Crippen LogP contribution in [0.3, 0.4) is 0 Å². The van der Waals surface area contributed by atoms with E-state index in [4.69, 9.17) is 0 Å². The second-order valence-electron chi connectivity index (χ2n) is 4.42. The fourth-order valence-electron chi connectivity index (χ4n) is 2.20. The highest BCUT2D eigenvalue weighted by Crippen LogP contribution is 2.24. The van der Waals surface area contributed by atoms with Gasteiger partial charge in [-0.1, -0.05) is 42.5 Å². The van der Waals surface area contributed by atoms with Crippen LogP contribution in [0.1, 0.15) is 11.1 Å². The van der Waals surface area contributed by atoms with Gasteiger partial charge in [-0.3, -0.25) is 0 Å². The van der Waals surface area contributed by atoms with Crippen molar-refractivity contribution in [3.63, 3.8) is 0 Å². The van der Waals surface area contributed by atoms with Crippen molar-refractivity contribution in [3.8, 4) is 11.1 Å². The molecular formula is C16H20N2. The van der Waals surface area contributed by atoms with Crippen molar-refractivity contribution in [2.45, 2.75) is 13.1 Å². The molecule has 0 aromatic heterocycles. The van der Waals surface area contributed by atoms with Crippen molar-refractivity contribution in [1.82, 2.24) is 10.6 Å². The van der Waals surface area contributed by atoms with Gasteiger partial charge in [0, 0.05) is 13.1 Å². The lowest BCUT2D eigenvalue weighted by Gasteiger charge is -2.10. The summed E-state index contributed by atoms with van der Waals surface area (Å²) in [6.45, 7) is 1.80. The van der Waals surface area contributed by atoms with E-state index in [9.17, 15) is 0 Å². The second-order valence-corrected chi connectivity index (χ2v) is 4.42. The summed E-state index contributed by atoms with van der Waals surface area (Å²) >= 11 is 0. The zero-order chi connectivity index (χ0) is 12.8. The molecule has 0 amide bonds. The Hall–Kier alpha value is -1.64. The van der Waals surface area contributed by atoms with Crippen LogP contribution < -0.4 is 10.6 Å². The number of hydrogen-bond acceptors (Lipinski definition) is 2. The van der Waals surface area contributed by atoms with E-state index in [1.807, 2.05) is 14.1 Å². The molecule has 2 aromatic rings. The van der Waals surface area contributed by atoms with Crippen molar-refractivity contribution < 1.29 is 0 Å². The summed E-state index contributed by atoms with van der Waals surface area (Å²) in [7, 11) is 3.95. The topological polar surface area (TPSA) is 24.1 Å². The fourth-order valence-corrected chi connectivity index (χ4v) is 2.20. The van der Waals surface area contributed by atoms with E-state index in [1.165, 1.54) is 22.3 Å². The summed E-state index contributed by atoms with van der Waals surface area (Å²) in [6.07, 6.45) is 0. The fraction of sp³-hybridized carbons (Fsp3) is 0.250. The Morgan fingerprint density at radius 2 is 1.61 bits per heavy atom. The highest BCUT2D eigenvalue weighted by molar-refractivity contribution is 5.68. The molecule has 0 spiro atoms. The maximum atomic E-state index is 3.22. The Morgan fingerprint density at radius 3 is 2.39 bits per heavy atom. The minimum atomic E-state index is 0.895. The zero-order valence-corrected chi connectivity index (χ0v) is 11.0. The van der Waals surface area contributed by atoms with Gasteiger partial charge in [-0.05, 0) is 42.4 Å². The van der Waals surface area contributed by atoms with Gasteiger partial charge in [-0.15, -0.1) is 0 Å². The molecule has 94 valence electrons. The minimum absolute atomic E-state index is 0.895. The van der Waals surface area contributed by atoms with Gasteiger partial charge in [0.15, 0.2) is 0 Å². The number of benzene rings is 2. The molecule has 0 saturated heterocycles. The molecule has 0 saturated carbocycles. The second kappa shape index (κ2) is 6.34. The molecule has 2 rings (SSSR count). The first-order valence-electron chi connectivity index (χ1n) is 6.31. The molecule has 2 nitrogen and oxygen atoms in total. The molecule has 0 radical (unpaired) electrons. The maximum absolute atomic E-state index is 3.22. The Bertz CT molecular complexity index is 506. The van der Waals surface area contributed by atoms with Gasteiger partial charge in [0.2, 0.25) is 0 Å². The Kier molecular flexibility index (Phi) is 4.51. The molecule has 0 aliphatic carbocycles. The monoisotopic (exact) mass is 240 g/mol. The van der Waals surface area contributed by atoms with Crippen LogP contribution in [-0.4, -0.2) is 14.1 Å². The van der Waals surface area contributed by atoms with E-state index in [2.05, 4.69) is 59.2 Å². The van der Waals surface area contributed by atoms with Gasteiger partial charge in [0.1, 0.15) is 0 Å². The smallest absolute Gasteiger partial charge is 0.0208 e. The van der Waals surface area contributed by atoms with Crippen LogP contribution in [0.25, 0.3) is 11.1 Å². The summed E-state index contributed by atoms with van der Waals surface area (Å²) < 4.78 is 0. The van der Waals surface area contributed by atoms with Crippen molar-refractivity contribution in [1.29, 1.82) is 0 Å². The van der Waals surface area contributed by atoms with Gasteiger partial charge in [0.25, 0.3) is 0 Å². The van der Waals surface area contributed by atoms with Crippen LogP contribution in [0.15, 0.2) is 48.5 Å². The molecule has 0 aliphatic heterocycles. The van der Waals surface area contributed by atoms with Gasteiger partial charge >= 0.3 is 0 Å². The molecular weight excluding hydrogens is 220 g/mol. The Morgan fingerprint density at radius 1 is 0.833 bits per heavy atom. The van der Waals surface area contributed by atoms with E-state index in [-0.39, 0.29) is 0 Å². The number of hydrogen-bond donors (Lipinski definition) is 2. The lowest BCUT2D eigenvalue weighted by Crippen LogP contribution is -2.07. The van der Waals surface area contributed by atoms with E-state index < -0.39 is 0 Å². The average Bonchev–Trinajstić information content (AvgIpc) is 2.40. The number of nitrogens with one attached hydrogen (secondary N) is 2. The number of rotatable bonds is 5. The van der Waals surface area contributed by atoms with Crippen LogP contribution in [-0.2, 0) is 13.1 Å². The molecule has 0 bridgehead atoms. The maximum Gasteiger partial charge on any atom is 0.0208 e. The summed E-state index contributed by atoms with van der Waals surface area (Å²) in [6, 6.07) is 17.3. The summed E-state index contributed by atoms with van der Waals surface area (Å²) in [5.41, 5.74) is 5.24. The Labute approximate surface area is 109 Å². The van der Waals surface area contributed by atoms with E-state index in [0.29, 0.717) is 0 Å². The standard InChI is InChI=1S/C16H20N2/c1-17-11-13-6-5-8-14(10-13)16-9-4-3-7-15(16)12-18-2/h3-10,17-18H,11-12H2,1-2H3. The van der Waals surface area contributed by atoms with E-state index in [0.717, 1.165) is 13.1 Å². The molecule has 2 N–H and O–H groups in total. The third kappa shape index (κ3) is 2.97. The SMILES string of the molecule is CNCc1cccc(-c2ccccc2CNC)c1. The quantitative estimate of drug-likeness (QED) is 0.839. The van der Waals surface area contributed by atoms with E-state index >= 15 is 0 Å². The molecule has 2 heteroatoms. The average molecular weight is 240 g/mol. The lowest BCUT2D eigenvalue weighted by atomic mass is 9.98. The van der Waals surface area contributed by atoms with E-state index in [1.54, 1.807) is 0 Å². The summed E-state index contributed by atoms with van der Waals surface area (Å²) in [4.78, 5) is 0. The third-order valence-corrected chi connectivity index (χ3v) is 3.00. The van der Waals surface area contributed by atoms with Crippen LogP contribution in [0.4, 0.5) is 0 Å². The van der Waals surface area contributed by atoms with Crippen LogP contribution in [0, 0.1) is 0 Å². The van der Waals surface area contributed by atoms with Gasteiger partial charge in [0.05, 0.1) is 0 Å². The summed E-state index contributed by atoms with van der Waals surface area (Å²) in [5, 5.41) is 6.41. The molecule has 0 atom stereocenters. The first-order valence-corrected chi connectivity index (χ1v) is 6.31. The molecule has 18 heavy (non-hydrogen) atoms. The lowest BCUT2D eigenvalue weighted by molar-refractivity contribution is 0.816. The van der Waals surface area contributed by atoms with Crippen molar-refractivity contribution >= 4 is 0 Å². The molecule has 0 heterocycles. The molecule has 0 unspecified atom stereocenters. The molecule has 0 fully saturated rings.